The van der Waals surface area contributed by atoms with E-state index in [1.165, 1.54) is 17.7 Å². The van der Waals surface area contributed by atoms with Crippen molar-refractivity contribution in [2.24, 2.45) is 0 Å². The van der Waals surface area contributed by atoms with Crippen LogP contribution in [0.15, 0.2) is 36.4 Å². The average Bonchev–Trinajstić information content (AvgIpc) is 2.44. The minimum atomic E-state index is -0.491. The third-order valence-corrected chi connectivity index (χ3v) is 2.99. The molecule has 0 aliphatic rings. The van der Waals surface area contributed by atoms with Crippen LogP contribution in [-0.4, -0.2) is 6.10 Å². The number of aryl methyl sites for hydroxylation is 1. The van der Waals surface area contributed by atoms with Crippen molar-refractivity contribution in [2.45, 2.75) is 33.3 Å². The van der Waals surface area contributed by atoms with E-state index in [1.807, 2.05) is 38.1 Å². The third kappa shape index (κ3) is 3.88. The lowest BCUT2D eigenvalue weighted by atomic mass is 10.2. The largest absolute Gasteiger partial charge is 0.488 e. The molecule has 0 radical (unpaired) electrons. The molecule has 0 saturated carbocycles. The molecule has 112 valence electrons. The summed E-state index contributed by atoms with van der Waals surface area (Å²) in [5, 5.41) is 0. The van der Waals surface area contributed by atoms with E-state index in [-0.39, 0.29) is 17.5 Å². The molecule has 0 saturated heterocycles. The van der Waals surface area contributed by atoms with Gasteiger partial charge in [-0.25, -0.2) is 4.39 Å². The molecular weight excluding hydrogens is 269 g/mol. The Labute approximate surface area is 124 Å². The molecule has 0 amide bonds. The zero-order chi connectivity index (χ0) is 15.4. The van der Waals surface area contributed by atoms with E-state index in [2.05, 4.69) is 6.92 Å². The normalized spacial score (nSPS) is 10.7. The molecule has 0 bridgehead atoms. The van der Waals surface area contributed by atoms with Gasteiger partial charge in [0.05, 0.1) is 11.8 Å². The smallest absolute Gasteiger partial charge is 0.167 e. The van der Waals surface area contributed by atoms with E-state index in [0.717, 1.165) is 6.42 Å². The second-order valence-electron chi connectivity index (χ2n) is 5.09. The second kappa shape index (κ2) is 6.48. The van der Waals surface area contributed by atoms with Crippen LogP contribution in [-0.2, 0) is 6.42 Å². The van der Waals surface area contributed by atoms with Crippen LogP contribution < -0.4 is 15.2 Å². The Hall–Kier alpha value is -2.23. The van der Waals surface area contributed by atoms with Crippen LogP contribution in [0.3, 0.4) is 0 Å². The first-order valence-electron chi connectivity index (χ1n) is 7.02. The van der Waals surface area contributed by atoms with Crippen molar-refractivity contribution in [3.63, 3.8) is 0 Å². The van der Waals surface area contributed by atoms with Gasteiger partial charge in [-0.05, 0) is 38.0 Å². The van der Waals surface area contributed by atoms with Crippen LogP contribution in [0.25, 0.3) is 0 Å². The second-order valence-corrected chi connectivity index (χ2v) is 5.09. The number of nitrogens with two attached hydrogens (primary N) is 1. The molecule has 4 heteroatoms. The summed E-state index contributed by atoms with van der Waals surface area (Å²) in [6.45, 7) is 5.75. The van der Waals surface area contributed by atoms with E-state index in [9.17, 15) is 4.39 Å². The lowest BCUT2D eigenvalue weighted by molar-refractivity contribution is 0.230. The maximum Gasteiger partial charge on any atom is 0.167 e. The van der Waals surface area contributed by atoms with Gasteiger partial charge in [0.25, 0.3) is 0 Å². The molecule has 0 atom stereocenters. The Bertz CT molecular complexity index is 609. The first kappa shape index (κ1) is 15.2. The molecule has 0 aliphatic heterocycles. The topological polar surface area (TPSA) is 44.5 Å². The van der Waals surface area contributed by atoms with Crippen molar-refractivity contribution in [1.82, 2.24) is 0 Å². The van der Waals surface area contributed by atoms with E-state index in [4.69, 9.17) is 15.2 Å². The third-order valence-electron chi connectivity index (χ3n) is 2.99. The van der Waals surface area contributed by atoms with Crippen LogP contribution in [0.2, 0.25) is 0 Å². The quantitative estimate of drug-likeness (QED) is 0.821. The number of hydrogen-bond acceptors (Lipinski definition) is 3. The van der Waals surface area contributed by atoms with Crippen LogP contribution >= 0.6 is 0 Å². The van der Waals surface area contributed by atoms with E-state index in [1.54, 1.807) is 0 Å². The number of nitrogen functional groups attached to an aromatic ring is 1. The highest BCUT2D eigenvalue weighted by Crippen LogP contribution is 2.34. The fraction of sp³-hybridized carbons (Fsp3) is 0.294. The number of benzene rings is 2. The van der Waals surface area contributed by atoms with Gasteiger partial charge >= 0.3 is 0 Å². The Morgan fingerprint density at radius 2 is 1.76 bits per heavy atom. The molecule has 0 aromatic heterocycles. The Morgan fingerprint density at radius 1 is 1.10 bits per heavy atom. The van der Waals surface area contributed by atoms with Gasteiger partial charge in [-0.15, -0.1) is 0 Å². The summed E-state index contributed by atoms with van der Waals surface area (Å²) < 4.78 is 24.9. The lowest BCUT2D eigenvalue weighted by Crippen LogP contribution is -2.07. The highest BCUT2D eigenvalue weighted by molar-refractivity contribution is 5.57. The van der Waals surface area contributed by atoms with Crippen LogP contribution in [0.5, 0.6) is 17.2 Å². The first-order chi connectivity index (χ1) is 9.99. The van der Waals surface area contributed by atoms with E-state index >= 15 is 0 Å². The van der Waals surface area contributed by atoms with Crippen LogP contribution in [0, 0.1) is 5.82 Å². The SMILES string of the molecule is CCc1ccc(Oc2cc(OC(C)C)c(F)cc2N)cc1. The van der Waals surface area contributed by atoms with Gasteiger partial charge in [-0.3, -0.25) is 0 Å². The minimum absolute atomic E-state index is 0.125. The van der Waals surface area contributed by atoms with Crippen molar-refractivity contribution >= 4 is 5.69 Å². The maximum atomic E-state index is 13.8. The molecular formula is C17H20FNO2. The maximum absolute atomic E-state index is 13.8. The standard InChI is InChI=1S/C17H20FNO2/c1-4-12-5-7-13(8-6-12)21-17-10-16(20-11(2)3)14(18)9-15(17)19/h5-11H,4,19H2,1-3H3. The molecule has 2 rings (SSSR count). The first-order valence-corrected chi connectivity index (χ1v) is 7.02. The summed E-state index contributed by atoms with van der Waals surface area (Å²) in [5.74, 6) is 0.687. The lowest BCUT2D eigenvalue weighted by Gasteiger charge is -2.14. The van der Waals surface area contributed by atoms with Gasteiger partial charge in [-0.2, -0.15) is 0 Å². The van der Waals surface area contributed by atoms with E-state index in [0.29, 0.717) is 11.5 Å². The number of ether oxygens (including phenoxy) is 2. The zero-order valence-electron chi connectivity index (χ0n) is 12.5. The van der Waals surface area contributed by atoms with Crippen molar-refractivity contribution < 1.29 is 13.9 Å². The van der Waals surface area contributed by atoms with Gasteiger partial charge in [0.15, 0.2) is 17.3 Å². The molecule has 0 heterocycles. The summed E-state index contributed by atoms with van der Waals surface area (Å²) in [7, 11) is 0. The summed E-state index contributed by atoms with van der Waals surface area (Å²) in [4.78, 5) is 0. The van der Waals surface area contributed by atoms with Crippen LogP contribution in [0.1, 0.15) is 26.3 Å². The number of halogens is 1. The molecule has 2 N–H and O–H groups in total. The molecule has 3 nitrogen and oxygen atoms in total. The molecule has 0 fully saturated rings. The van der Waals surface area contributed by atoms with E-state index < -0.39 is 5.82 Å². The fourth-order valence-electron chi connectivity index (χ4n) is 1.90. The van der Waals surface area contributed by atoms with Gasteiger partial charge in [0.2, 0.25) is 0 Å². The van der Waals surface area contributed by atoms with Gasteiger partial charge < -0.3 is 15.2 Å². The molecule has 2 aromatic rings. The summed E-state index contributed by atoms with van der Waals surface area (Å²) in [5.41, 5.74) is 7.26. The molecule has 0 aliphatic carbocycles. The van der Waals surface area contributed by atoms with Gasteiger partial charge in [-0.1, -0.05) is 19.1 Å². The fourth-order valence-corrected chi connectivity index (χ4v) is 1.90. The molecule has 0 unspecified atom stereocenters. The van der Waals surface area contributed by atoms with Crippen molar-refractivity contribution in [3.05, 3.63) is 47.8 Å². The number of rotatable bonds is 5. The Morgan fingerprint density at radius 3 is 2.33 bits per heavy atom. The highest BCUT2D eigenvalue weighted by atomic mass is 19.1. The minimum Gasteiger partial charge on any atom is -0.488 e. The number of hydrogen-bond donors (Lipinski definition) is 1. The van der Waals surface area contributed by atoms with Crippen LogP contribution in [0.4, 0.5) is 10.1 Å². The Kier molecular flexibility index (Phi) is 4.68. The molecule has 0 spiro atoms. The summed E-state index contributed by atoms with van der Waals surface area (Å²) in [6.07, 6.45) is 0.838. The molecule has 2 aromatic carbocycles. The molecule has 21 heavy (non-hydrogen) atoms. The summed E-state index contributed by atoms with van der Waals surface area (Å²) in [6, 6.07) is 10.4. The average molecular weight is 289 g/mol. The number of anilines is 1. The van der Waals surface area contributed by atoms with Crippen molar-refractivity contribution in [3.8, 4) is 17.2 Å². The Balaban J connectivity index is 2.25. The van der Waals surface area contributed by atoms with Crippen molar-refractivity contribution in [2.75, 3.05) is 5.73 Å². The van der Waals surface area contributed by atoms with Crippen molar-refractivity contribution in [1.29, 1.82) is 0 Å². The van der Waals surface area contributed by atoms with Gasteiger partial charge in [0.1, 0.15) is 5.75 Å². The predicted octanol–water partition coefficient (Wildman–Crippen LogP) is 4.55. The zero-order valence-corrected chi connectivity index (χ0v) is 12.5. The van der Waals surface area contributed by atoms with Gasteiger partial charge in [0, 0.05) is 12.1 Å². The predicted molar refractivity (Wildman–Crippen MR) is 82.5 cm³/mol. The highest BCUT2D eigenvalue weighted by Gasteiger charge is 2.12. The monoisotopic (exact) mass is 289 g/mol. The summed E-state index contributed by atoms with van der Waals surface area (Å²) >= 11 is 0.